The van der Waals surface area contributed by atoms with Gasteiger partial charge in [-0.2, -0.15) is 20.5 Å². The minimum absolute atomic E-state index is 0.198. The van der Waals surface area contributed by atoms with E-state index >= 15 is 0 Å². The number of nitrogens with two attached hydrogens (primary N) is 1. The Morgan fingerprint density at radius 2 is 1.83 bits per heavy atom. The van der Waals surface area contributed by atoms with E-state index in [9.17, 15) is 10.5 Å². The van der Waals surface area contributed by atoms with E-state index in [1.54, 1.807) is 7.11 Å². The largest absolute Gasteiger partial charge is 0.467 e. The van der Waals surface area contributed by atoms with Crippen molar-refractivity contribution in [1.29, 1.82) is 10.5 Å². The first-order valence-corrected chi connectivity index (χ1v) is 10.6. The minimum atomic E-state index is 0.198. The Morgan fingerprint density at radius 3 is 2.45 bits per heavy atom. The highest BCUT2D eigenvalue weighted by atomic mass is 32.1. The molecule has 4 heterocycles. The van der Waals surface area contributed by atoms with Gasteiger partial charge < -0.3 is 20.3 Å². The van der Waals surface area contributed by atoms with Gasteiger partial charge in [0.05, 0.1) is 12.7 Å². The highest BCUT2D eigenvalue weighted by Crippen LogP contribution is 2.40. The fourth-order valence-electron chi connectivity index (χ4n) is 4.10. The first kappa shape index (κ1) is 19.3. The second-order valence-corrected chi connectivity index (χ2v) is 8.59. The molecule has 2 aliphatic rings. The van der Waals surface area contributed by atoms with Gasteiger partial charge in [-0.3, -0.25) is 0 Å². The molecule has 2 saturated heterocycles. The highest BCUT2D eigenvalue weighted by Gasteiger charge is 2.35. The summed E-state index contributed by atoms with van der Waals surface area (Å²) >= 11 is 1.40. The number of hydrogen-bond acceptors (Lipinski definition) is 9. The van der Waals surface area contributed by atoms with Crippen molar-refractivity contribution in [3.8, 4) is 18.1 Å². The average Bonchev–Trinajstić information content (AvgIpc) is 3.06. The number of nitriles is 2. The van der Waals surface area contributed by atoms with Crippen LogP contribution in [0.5, 0.6) is 6.01 Å². The zero-order chi connectivity index (χ0) is 20.5. The van der Waals surface area contributed by atoms with Gasteiger partial charge in [-0.15, -0.1) is 11.3 Å². The molecule has 1 atom stereocenters. The van der Waals surface area contributed by atoms with Crippen LogP contribution in [0.3, 0.4) is 0 Å². The summed E-state index contributed by atoms with van der Waals surface area (Å²) in [6.07, 6.45) is 2.27. The third kappa shape index (κ3) is 3.43. The Labute approximate surface area is 174 Å². The minimum Gasteiger partial charge on any atom is -0.467 e. The molecule has 0 amide bonds. The lowest BCUT2D eigenvalue weighted by atomic mass is 9.90. The van der Waals surface area contributed by atoms with Crippen molar-refractivity contribution in [2.24, 2.45) is 5.92 Å². The zero-order valence-corrected chi connectivity index (χ0v) is 17.4. The second-order valence-electron chi connectivity index (χ2n) is 7.68. The summed E-state index contributed by atoms with van der Waals surface area (Å²) in [5, 5.41) is 21.8. The van der Waals surface area contributed by atoms with Gasteiger partial charge in [0.15, 0.2) is 11.6 Å². The van der Waals surface area contributed by atoms with Gasteiger partial charge in [0.1, 0.15) is 22.7 Å². The summed E-state index contributed by atoms with van der Waals surface area (Å²) in [5.41, 5.74) is 7.95. The first-order valence-electron chi connectivity index (χ1n) is 9.68. The number of hydrogen-bond donors (Lipinski definition) is 1. The fourth-order valence-corrected chi connectivity index (χ4v) is 4.95. The molecule has 2 aromatic heterocycles. The molecule has 29 heavy (non-hydrogen) atoms. The van der Waals surface area contributed by atoms with Crippen LogP contribution in [0.2, 0.25) is 0 Å². The molecule has 9 heteroatoms. The van der Waals surface area contributed by atoms with Crippen LogP contribution in [0.25, 0.3) is 0 Å². The van der Waals surface area contributed by atoms with Crippen LogP contribution in [0.4, 0.5) is 16.6 Å². The molecule has 2 aromatic rings. The van der Waals surface area contributed by atoms with E-state index in [0.29, 0.717) is 46.8 Å². The summed E-state index contributed by atoms with van der Waals surface area (Å²) in [6, 6.07) is 4.80. The van der Waals surface area contributed by atoms with Gasteiger partial charge in [0.2, 0.25) is 0 Å². The third-order valence-electron chi connectivity index (χ3n) is 5.68. The standard InChI is InChI=1S/C20H23N7OS/c1-12-4-3-5-26(8-12)18-15(7-22)19(25-20(24-18)28-2)27-9-13(10-27)16-11-29-17(23)14(16)6-21/h11-13H,3-5,8-10,23H2,1-2H3. The van der Waals surface area contributed by atoms with E-state index in [4.69, 9.17) is 10.5 Å². The molecule has 8 nitrogen and oxygen atoms in total. The Bertz CT molecular complexity index is 999. The molecular formula is C20H23N7OS. The Kier molecular flexibility index (Phi) is 5.16. The summed E-state index contributed by atoms with van der Waals surface area (Å²) in [7, 11) is 1.54. The number of anilines is 3. The van der Waals surface area contributed by atoms with E-state index < -0.39 is 0 Å². The van der Waals surface area contributed by atoms with Crippen LogP contribution in [0, 0.1) is 28.6 Å². The number of aromatic nitrogens is 2. The number of nitrogens with zero attached hydrogens (tertiary/aromatic N) is 6. The van der Waals surface area contributed by atoms with Crippen LogP contribution in [-0.4, -0.2) is 43.3 Å². The molecule has 2 aliphatic heterocycles. The number of piperidine rings is 1. The lowest BCUT2D eigenvalue weighted by Gasteiger charge is -2.41. The van der Waals surface area contributed by atoms with Gasteiger partial charge in [-0.1, -0.05) is 6.92 Å². The SMILES string of the molecule is COc1nc(N2CCCC(C)C2)c(C#N)c(N2CC(c3csc(N)c3C#N)C2)n1. The zero-order valence-electron chi connectivity index (χ0n) is 16.6. The highest BCUT2D eigenvalue weighted by molar-refractivity contribution is 7.14. The lowest BCUT2D eigenvalue weighted by Crippen LogP contribution is -2.46. The normalized spacial score (nSPS) is 19.4. The first-order chi connectivity index (χ1) is 14.0. The summed E-state index contributed by atoms with van der Waals surface area (Å²) in [6.45, 7) is 5.32. The molecule has 0 bridgehead atoms. The van der Waals surface area contributed by atoms with Crippen molar-refractivity contribution >= 4 is 28.0 Å². The molecule has 150 valence electrons. The molecule has 0 aromatic carbocycles. The van der Waals surface area contributed by atoms with Crippen molar-refractivity contribution < 1.29 is 4.74 Å². The topological polar surface area (TPSA) is 115 Å². The number of nitrogen functional groups attached to an aromatic ring is 1. The number of rotatable bonds is 4. The van der Waals surface area contributed by atoms with Gasteiger partial charge in [-0.05, 0) is 29.7 Å². The van der Waals surface area contributed by atoms with Crippen LogP contribution in [0.1, 0.15) is 42.4 Å². The van der Waals surface area contributed by atoms with Gasteiger partial charge in [0, 0.05) is 32.1 Å². The van der Waals surface area contributed by atoms with Gasteiger partial charge in [0.25, 0.3) is 0 Å². The quantitative estimate of drug-likeness (QED) is 0.819. The number of methoxy groups -OCH3 is 1. The van der Waals surface area contributed by atoms with Crippen LogP contribution in [-0.2, 0) is 0 Å². The average molecular weight is 410 g/mol. The van der Waals surface area contributed by atoms with Crippen molar-refractivity contribution in [3.05, 3.63) is 22.1 Å². The third-order valence-corrected chi connectivity index (χ3v) is 6.51. The van der Waals surface area contributed by atoms with Crippen molar-refractivity contribution in [2.75, 3.05) is 48.8 Å². The number of thiophene rings is 1. The van der Waals surface area contributed by atoms with Crippen molar-refractivity contribution in [3.63, 3.8) is 0 Å². The van der Waals surface area contributed by atoms with E-state index in [2.05, 4.69) is 38.8 Å². The van der Waals surface area contributed by atoms with E-state index in [1.165, 1.54) is 17.8 Å². The second kappa shape index (κ2) is 7.76. The van der Waals surface area contributed by atoms with Crippen LogP contribution in [0.15, 0.2) is 5.38 Å². The Morgan fingerprint density at radius 1 is 1.14 bits per heavy atom. The maximum atomic E-state index is 9.91. The molecule has 0 radical (unpaired) electrons. The maximum Gasteiger partial charge on any atom is 0.320 e. The lowest BCUT2D eigenvalue weighted by molar-refractivity contribution is 0.376. The molecule has 4 rings (SSSR count). The maximum absolute atomic E-state index is 9.91. The molecule has 0 spiro atoms. The smallest absolute Gasteiger partial charge is 0.320 e. The molecule has 0 aliphatic carbocycles. The van der Waals surface area contributed by atoms with Crippen molar-refractivity contribution in [1.82, 2.24) is 9.97 Å². The molecule has 2 N–H and O–H groups in total. The summed E-state index contributed by atoms with van der Waals surface area (Å²) in [4.78, 5) is 13.2. The van der Waals surface area contributed by atoms with E-state index in [0.717, 1.165) is 25.1 Å². The molecule has 2 fully saturated rings. The van der Waals surface area contributed by atoms with Crippen molar-refractivity contribution in [2.45, 2.75) is 25.7 Å². The predicted octanol–water partition coefficient (Wildman–Crippen LogP) is 2.71. The molecule has 1 unspecified atom stereocenters. The fraction of sp³-hybridized carbons (Fsp3) is 0.500. The van der Waals surface area contributed by atoms with E-state index in [1.807, 2.05) is 5.38 Å². The Hall–Kier alpha value is -3.04. The van der Waals surface area contributed by atoms with E-state index in [-0.39, 0.29) is 11.9 Å². The predicted molar refractivity (Wildman–Crippen MR) is 112 cm³/mol. The molecular weight excluding hydrogens is 386 g/mol. The summed E-state index contributed by atoms with van der Waals surface area (Å²) < 4.78 is 5.34. The monoisotopic (exact) mass is 409 g/mol. The Balaban J connectivity index is 1.63. The van der Waals surface area contributed by atoms with Crippen LogP contribution >= 0.6 is 11.3 Å². The van der Waals surface area contributed by atoms with Crippen LogP contribution < -0.4 is 20.3 Å². The summed E-state index contributed by atoms with van der Waals surface area (Å²) in [5.74, 6) is 2.01. The van der Waals surface area contributed by atoms with Gasteiger partial charge >= 0.3 is 6.01 Å². The van der Waals surface area contributed by atoms with Gasteiger partial charge in [-0.25, -0.2) is 0 Å². The number of ether oxygens (including phenoxy) is 1. The molecule has 0 saturated carbocycles.